The van der Waals surface area contributed by atoms with E-state index in [9.17, 15) is 12.8 Å². The Morgan fingerprint density at radius 3 is 2.23 bits per heavy atom. The smallest absolute Gasteiger partial charge is 0.229 e. The third-order valence-corrected chi connectivity index (χ3v) is 5.21. The average Bonchev–Trinajstić information content (AvgIpc) is 2.97. The molecule has 0 atom stereocenters. The fourth-order valence-corrected chi connectivity index (χ4v) is 3.87. The van der Waals surface area contributed by atoms with Crippen LogP contribution in [0.1, 0.15) is 5.69 Å². The SMILES string of the molecule is Cc1nn(C)c2cc(-c3ccc(F)cc3)nc(Nc3ccc(NS(C)(=O)=O)cc3)c12.Cl. The minimum Gasteiger partial charge on any atom is -0.340 e. The van der Waals surface area contributed by atoms with E-state index in [0.717, 1.165) is 34.1 Å². The summed E-state index contributed by atoms with van der Waals surface area (Å²) < 4.78 is 40.3. The zero-order valence-electron chi connectivity index (χ0n) is 17.0. The molecule has 0 fully saturated rings. The summed E-state index contributed by atoms with van der Waals surface area (Å²) in [5.41, 5.74) is 4.39. The Labute approximate surface area is 185 Å². The first-order valence-corrected chi connectivity index (χ1v) is 11.0. The van der Waals surface area contributed by atoms with Gasteiger partial charge in [-0.25, -0.2) is 17.8 Å². The maximum Gasteiger partial charge on any atom is 0.229 e. The van der Waals surface area contributed by atoms with Crippen LogP contribution in [-0.2, 0) is 17.1 Å². The van der Waals surface area contributed by atoms with E-state index in [4.69, 9.17) is 4.98 Å². The zero-order valence-corrected chi connectivity index (χ0v) is 18.7. The van der Waals surface area contributed by atoms with Gasteiger partial charge in [-0.05, 0) is 61.5 Å². The lowest BCUT2D eigenvalue weighted by molar-refractivity contribution is 0.607. The summed E-state index contributed by atoms with van der Waals surface area (Å²) in [7, 11) is -1.48. The van der Waals surface area contributed by atoms with E-state index in [2.05, 4.69) is 15.1 Å². The van der Waals surface area contributed by atoms with Gasteiger partial charge in [0.2, 0.25) is 10.0 Å². The number of aryl methyl sites for hydroxylation is 2. The van der Waals surface area contributed by atoms with Crippen LogP contribution in [-0.4, -0.2) is 29.4 Å². The Bertz CT molecular complexity index is 1340. The first-order valence-electron chi connectivity index (χ1n) is 9.15. The molecule has 4 aromatic rings. The molecule has 0 unspecified atom stereocenters. The Kier molecular flexibility index (Phi) is 6.19. The van der Waals surface area contributed by atoms with E-state index in [1.165, 1.54) is 12.1 Å². The number of nitrogens with zero attached hydrogens (tertiary/aromatic N) is 3. The summed E-state index contributed by atoms with van der Waals surface area (Å²) in [6.07, 6.45) is 1.10. The zero-order chi connectivity index (χ0) is 21.5. The molecule has 0 aliphatic rings. The molecule has 0 bridgehead atoms. The molecule has 0 radical (unpaired) electrons. The maximum atomic E-state index is 13.3. The highest BCUT2D eigenvalue weighted by Crippen LogP contribution is 2.32. The molecule has 2 heterocycles. The van der Waals surface area contributed by atoms with Gasteiger partial charge >= 0.3 is 0 Å². The summed E-state index contributed by atoms with van der Waals surface area (Å²) in [6.45, 7) is 1.91. The number of rotatable bonds is 5. The van der Waals surface area contributed by atoms with Crippen molar-refractivity contribution in [2.24, 2.45) is 7.05 Å². The number of benzene rings is 2. The molecule has 10 heteroatoms. The van der Waals surface area contributed by atoms with Gasteiger partial charge < -0.3 is 5.32 Å². The molecule has 4 rings (SSSR count). The molecule has 0 aliphatic carbocycles. The van der Waals surface area contributed by atoms with Crippen molar-refractivity contribution in [3.63, 3.8) is 0 Å². The molecule has 31 heavy (non-hydrogen) atoms. The van der Waals surface area contributed by atoms with Crippen LogP contribution in [0, 0.1) is 12.7 Å². The molecular weight excluding hydrogens is 441 g/mol. The third-order valence-electron chi connectivity index (χ3n) is 4.60. The second-order valence-electron chi connectivity index (χ2n) is 7.04. The van der Waals surface area contributed by atoms with Crippen molar-refractivity contribution in [2.75, 3.05) is 16.3 Å². The summed E-state index contributed by atoms with van der Waals surface area (Å²) in [6, 6.07) is 14.9. The van der Waals surface area contributed by atoms with E-state index in [0.29, 0.717) is 17.2 Å². The Morgan fingerprint density at radius 2 is 1.61 bits per heavy atom. The molecule has 0 spiro atoms. The quantitative estimate of drug-likeness (QED) is 0.452. The summed E-state index contributed by atoms with van der Waals surface area (Å²) in [5.74, 6) is 0.304. The number of nitrogens with one attached hydrogen (secondary N) is 2. The topological polar surface area (TPSA) is 88.9 Å². The van der Waals surface area contributed by atoms with Crippen LogP contribution < -0.4 is 10.0 Å². The van der Waals surface area contributed by atoms with Crippen molar-refractivity contribution in [2.45, 2.75) is 6.92 Å². The molecule has 0 saturated heterocycles. The van der Waals surface area contributed by atoms with E-state index >= 15 is 0 Å². The minimum absolute atomic E-state index is 0. The van der Waals surface area contributed by atoms with Gasteiger partial charge in [-0.15, -0.1) is 12.4 Å². The number of halogens is 2. The van der Waals surface area contributed by atoms with Crippen molar-refractivity contribution < 1.29 is 12.8 Å². The van der Waals surface area contributed by atoms with Crippen LogP contribution in [0.25, 0.3) is 22.2 Å². The lowest BCUT2D eigenvalue weighted by atomic mass is 10.1. The van der Waals surface area contributed by atoms with Crippen LogP contribution in [0.4, 0.5) is 21.6 Å². The van der Waals surface area contributed by atoms with Gasteiger partial charge in [0.25, 0.3) is 0 Å². The number of hydrogen-bond donors (Lipinski definition) is 2. The number of aromatic nitrogens is 3. The highest BCUT2D eigenvalue weighted by molar-refractivity contribution is 7.92. The van der Waals surface area contributed by atoms with E-state index in [1.54, 1.807) is 41.1 Å². The highest BCUT2D eigenvalue weighted by Gasteiger charge is 2.15. The molecule has 2 aromatic carbocycles. The standard InChI is InChI=1S/C21H20FN5O2S.ClH/c1-13-20-19(27(2)25-13)12-18(14-4-6-15(22)7-5-14)24-21(20)23-16-8-10-17(11-9-16)26-30(3,28)29;/h4-12,26H,1-3H3,(H,23,24);1H. The lowest BCUT2D eigenvalue weighted by Gasteiger charge is -2.11. The van der Waals surface area contributed by atoms with Crippen molar-refractivity contribution in [1.29, 1.82) is 0 Å². The number of fused-ring (bicyclic) bond motifs is 1. The van der Waals surface area contributed by atoms with Crippen LogP contribution >= 0.6 is 12.4 Å². The van der Waals surface area contributed by atoms with Gasteiger partial charge in [-0.3, -0.25) is 9.40 Å². The fourth-order valence-electron chi connectivity index (χ4n) is 3.30. The number of anilines is 3. The first-order chi connectivity index (χ1) is 14.2. The highest BCUT2D eigenvalue weighted by atomic mass is 35.5. The van der Waals surface area contributed by atoms with Crippen LogP contribution in [0.3, 0.4) is 0 Å². The van der Waals surface area contributed by atoms with E-state index in [1.807, 2.05) is 20.0 Å². The molecule has 0 aliphatic heterocycles. The van der Waals surface area contributed by atoms with Gasteiger partial charge in [0.05, 0.1) is 28.5 Å². The van der Waals surface area contributed by atoms with Gasteiger partial charge in [0, 0.05) is 24.0 Å². The Hall–Kier alpha value is -3.17. The van der Waals surface area contributed by atoms with Crippen molar-refractivity contribution in [1.82, 2.24) is 14.8 Å². The molecular formula is C21H21ClFN5O2S. The third kappa shape index (κ3) is 4.95. The second-order valence-corrected chi connectivity index (χ2v) is 8.79. The van der Waals surface area contributed by atoms with Crippen LogP contribution in [0.15, 0.2) is 54.6 Å². The van der Waals surface area contributed by atoms with E-state index in [-0.39, 0.29) is 18.2 Å². The number of hydrogen-bond acceptors (Lipinski definition) is 5. The summed E-state index contributed by atoms with van der Waals surface area (Å²) in [5, 5.41) is 8.67. The Morgan fingerprint density at radius 1 is 1.00 bits per heavy atom. The normalized spacial score (nSPS) is 11.2. The van der Waals surface area contributed by atoms with Crippen LogP contribution in [0.5, 0.6) is 0 Å². The molecule has 7 nitrogen and oxygen atoms in total. The Balaban J connectivity index is 0.00000272. The largest absolute Gasteiger partial charge is 0.340 e. The molecule has 162 valence electrons. The van der Waals surface area contributed by atoms with Gasteiger partial charge in [-0.2, -0.15) is 5.10 Å². The van der Waals surface area contributed by atoms with Crippen molar-refractivity contribution in [3.05, 3.63) is 66.1 Å². The lowest BCUT2D eigenvalue weighted by Crippen LogP contribution is -2.09. The summed E-state index contributed by atoms with van der Waals surface area (Å²) >= 11 is 0. The molecule has 0 amide bonds. The van der Waals surface area contributed by atoms with Crippen molar-refractivity contribution >= 4 is 50.5 Å². The second kappa shape index (κ2) is 8.52. The van der Waals surface area contributed by atoms with Gasteiger partial charge in [0.15, 0.2) is 0 Å². The predicted octanol–water partition coefficient (Wildman–Crippen LogP) is 4.62. The van der Waals surface area contributed by atoms with Crippen molar-refractivity contribution in [3.8, 4) is 11.3 Å². The monoisotopic (exact) mass is 461 g/mol. The van der Waals surface area contributed by atoms with Gasteiger partial charge in [0.1, 0.15) is 11.6 Å². The van der Waals surface area contributed by atoms with Crippen LogP contribution in [0.2, 0.25) is 0 Å². The van der Waals surface area contributed by atoms with E-state index < -0.39 is 10.0 Å². The fraction of sp³-hybridized carbons (Fsp3) is 0.143. The van der Waals surface area contributed by atoms with Gasteiger partial charge in [-0.1, -0.05) is 0 Å². The molecule has 2 N–H and O–H groups in total. The minimum atomic E-state index is -3.34. The number of sulfonamides is 1. The number of pyridine rings is 1. The average molecular weight is 462 g/mol. The first kappa shape index (κ1) is 22.5. The summed E-state index contributed by atoms with van der Waals surface area (Å²) in [4.78, 5) is 4.75. The molecule has 2 aromatic heterocycles. The predicted molar refractivity (Wildman–Crippen MR) is 124 cm³/mol. The molecule has 0 saturated carbocycles. The maximum absolute atomic E-state index is 13.3.